The number of anilines is 1. The molecule has 7 heteroatoms. The smallest absolute Gasteiger partial charge is 0.255 e. The maximum atomic E-state index is 12.9. The number of likely N-dealkylation sites (tertiary alicyclic amines) is 1. The van der Waals surface area contributed by atoms with E-state index in [1.807, 2.05) is 23.1 Å². The zero-order chi connectivity index (χ0) is 24.2. The van der Waals surface area contributed by atoms with Gasteiger partial charge in [0.25, 0.3) is 5.91 Å². The Hall–Kier alpha value is -3.97. The second kappa shape index (κ2) is 10.1. The zero-order valence-electron chi connectivity index (χ0n) is 19.5. The molecule has 2 amide bonds. The minimum atomic E-state index is -0.411. The maximum Gasteiger partial charge on any atom is 0.255 e. The molecular formula is C28H29N5O2. The molecule has 1 aliphatic heterocycles. The number of carbonyl (C=O) groups excluding carboxylic acids is 2. The van der Waals surface area contributed by atoms with E-state index in [1.165, 1.54) is 10.9 Å². The van der Waals surface area contributed by atoms with Crippen LogP contribution in [0.25, 0.3) is 10.9 Å². The van der Waals surface area contributed by atoms with Crippen molar-refractivity contribution >= 4 is 28.4 Å². The topological polar surface area (TPSA) is 104 Å². The average Bonchev–Trinajstić information content (AvgIpc) is 3.33. The molecule has 5 rings (SSSR count). The first-order valence-corrected chi connectivity index (χ1v) is 12.0. The van der Waals surface area contributed by atoms with Crippen molar-refractivity contribution < 1.29 is 9.59 Å². The number of nitrogens with zero attached hydrogens (tertiary/aromatic N) is 2. The van der Waals surface area contributed by atoms with Crippen LogP contribution in [-0.4, -0.2) is 39.8 Å². The zero-order valence-corrected chi connectivity index (χ0v) is 19.5. The SMILES string of the molecule is NC(CC(=O)N1CCC(c2c[nH]c3ccccc23)CC1)c1ccc(C(=O)Nc2ccncc2)cc1. The molecule has 2 aromatic carbocycles. The molecule has 7 nitrogen and oxygen atoms in total. The van der Waals surface area contributed by atoms with Crippen molar-refractivity contribution in [2.75, 3.05) is 18.4 Å². The van der Waals surface area contributed by atoms with Crippen LogP contribution < -0.4 is 11.1 Å². The maximum absolute atomic E-state index is 12.9. The van der Waals surface area contributed by atoms with Crippen LogP contribution >= 0.6 is 0 Å². The number of hydrogen-bond donors (Lipinski definition) is 3. The Bertz CT molecular complexity index is 1310. The van der Waals surface area contributed by atoms with Crippen molar-refractivity contribution in [2.45, 2.75) is 31.2 Å². The molecule has 35 heavy (non-hydrogen) atoms. The lowest BCUT2D eigenvalue weighted by molar-refractivity contribution is -0.132. The van der Waals surface area contributed by atoms with E-state index in [9.17, 15) is 9.59 Å². The Labute approximate surface area is 204 Å². The van der Waals surface area contributed by atoms with Gasteiger partial charge >= 0.3 is 0 Å². The number of amides is 2. The number of benzene rings is 2. The lowest BCUT2D eigenvalue weighted by atomic mass is 9.89. The molecule has 1 atom stereocenters. The Morgan fingerprint density at radius 2 is 1.74 bits per heavy atom. The summed E-state index contributed by atoms with van der Waals surface area (Å²) >= 11 is 0. The molecular weight excluding hydrogens is 438 g/mol. The fourth-order valence-electron chi connectivity index (χ4n) is 4.83. The Balaban J connectivity index is 1.14. The van der Waals surface area contributed by atoms with Gasteiger partial charge in [-0.25, -0.2) is 0 Å². The minimum Gasteiger partial charge on any atom is -0.361 e. The second-order valence-corrected chi connectivity index (χ2v) is 9.07. The normalized spacial score (nSPS) is 15.2. The summed E-state index contributed by atoms with van der Waals surface area (Å²) in [6.07, 6.45) is 7.51. The van der Waals surface area contributed by atoms with Crippen LogP contribution in [0, 0.1) is 0 Å². The van der Waals surface area contributed by atoms with Gasteiger partial charge in [-0.15, -0.1) is 0 Å². The molecule has 1 saturated heterocycles. The fourth-order valence-corrected chi connectivity index (χ4v) is 4.83. The van der Waals surface area contributed by atoms with Gasteiger partial charge in [-0.3, -0.25) is 14.6 Å². The van der Waals surface area contributed by atoms with E-state index < -0.39 is 6.04 Å². The Morgan fingerprint density at radius 3 is 2.49 bits per heavy atom. The van der Waals surface area contributed by atoms with Crippen LogP contribution in [0.3, 0.4) is 0 Å². The molecule has 0 saturated carbocycles. The molecule has 1 fully saturated rings. The fraction of sp³-hybridized carbons (Fsp3) is 0.250. The molecule has 4 N–H and O–H groups in total. The number of carbonyl (C=O) groups is 2. The van der Waals surface area contributed by atoms with E-state index >= 15 is 0 Å². The number of fused-ring (bicyclic) bond motifs is 1. The van der Waals surface area contributed by atoms with E-state index in [2.05, 4.69) is 39.7 Å². The summed E-state index contributed by atoms with van der Waals surface area (Å²) in [5, 5.41) is 4.11. The third-order valence-corrected chi connectivity index (χ3v) is 6.84. The molecule has 178 valence electrons. The summed E-state index contributed by atoms with van der Waals surface area (Å²) < 4.78 is 0. The largest absolute Gasteiger partial charge is 0.361 e. The van der Waals surface area contributed by atoms with E-state index in [-0.39, 0.29) is 18.2 Å². The molecule has 3 heterocycles. The first-order chi connectivity index (χ1) is 17.1. The van der Waals surface area contributed by atoms with Gasteiger partial charge in [0, 0.05) is 66.3 Å². The monoisotopic (exact) mass is 467 g/mol. The summed E-state index contributed by atoms with van der Waals surface area (Å²) in [5.41, 5.74) is 10.9. The first-order valence-electron chi connectivity index (χ1n) is 12.0. The van der Waals surface area contributed by atoms with Crippen LogP contribution in [0.5, 0.6) is 0 Å². The van der Waals surface area contributed by atoms with Gasteiger partial charge in [0.15, 0.2) is 0 Å². The number of para-hydroxylation sites is 1. The highest BCUT2D eigenvalue weighted by Crippen LogP contribution is 2.33. The predicted molar refractivity (Wildman–Crippen MR) is 137 cm³/mol. The number of pyridine rings is 1. The van der Waals surface area contributed by atoms with Gasteiger partial charge in [-0.1, -0.05) is 30.3 Å². The van der Waals surface area contributed by atoms with Crippen molar-refractivity contribution in [3.63, 3.8) is 0 Å². The van der Waals surface area contributed by atoms with E-state index in [1.54, 1.807) is 36.7 Å². The number of aromatic nitrogens is 2. The van der Waals surface area contributed by atoms with E-state index in [4.69, 9.17) is 5.73 Å². The van der Waals surface area contributed by atoms with Crippen LogP contribution in [0.1, 0.15) is 52.7 Å². The highest BCUT2D eigenvalue weighted by Gasteiger charge is 2.26. The molecule has 0 aliphatic carbocycles. The number of hydrogen-bond acceptors (Lipinski definition) is 4. The van der Waals surface area contributed by atoms with Gasteiger partial charge in [0.2, 0.25) is 5.91 Å². The molecule has 4 aromatic rings. The number of rotatable bonds is 6. The summed E-state index contributed by atoms with van der Waals surface area (Å²) in [4.78, 5) is 34.6. The van der Waals surface area contributed by atoms with E-state index in [0.29, 0.717) is 17.2 Å². The highest BCUT2D eigenvalue weighted by atomic mass is 16.2. The predicted octanol–water partition coefficient (Wildman–Crippen LogP) is 4.61. The molecule has 0 spiro atoms. The highest BCUT2D eigenvalue weighted by molar-refractivity contribution is 6.04. The number of piperidine rings is 1. The summed E-state index contributed by atoms with van der Waals surface area (Å²) in [5.74, 6) is 0.328. The number of nitrogens with two attached hydrogens (primary N) is 1. The third-order valence-electron chi connectivity index (χ3n) is 6.84. The molecule has 1 unspecified atom stereocenters. The van der Waals surface area contributed by atoms with Gasteiger partial charge in [0.05, 0.1) is 0 Å². The molecule has 0 bridgehead atoms. The number of nitrogens with one attached hydrogen (secondary N) is 2. The second-order valence-electron chi connectivity index (χ2n) is 9.07. The summed E-state index contributed by atoms with van der Waals surface area (Å²) in [7, 11) is 0. The average molecular weight is 468 g/mol. The molecule has 1 aliphatic rings. The van der Waals surface area contributed by atoms with Crippen LogP contribution in [0.15, 0.2) is 79.3 Å². The van der Waals surface area contributed by atoms with Crippen molar-refractivity contribution in [2.24, 2.45) is 5.73 Å². The van der Waals surface area contributed by atoms with Gasteiger partial charge in [0.1, 0.15) is 0 Å². The van der Waals surface area contributed by atoms with Gasteiger partial charge in [-0.2, -0.15) is 0 Å². The van der Waals surface area contributed by atoms with Crippen molar-refractivity contribution in [3.8, 4) is 0 Å². The van der Waals surface area contributed by atoms with Crippen LogP contribution in [0.4, 0.5) is 5.69 Å². The first kappa shape index (κ1) is 22.8. The molecule has 2 aromatic heterocycles. The summed E-state index contributed by atoms with van der Waals surface area (Å²) in [6, 6.07) is 18.5. The minimum absolute atomic E-state index is 0.0781. The molecule has 0 radical (unpaired) electrons. The van der Waals surface area contributed by atoms with E-state index in [0.717, 1.165) is 37.0 Å². The Kier molecular flexibility index (Phi) is 6.59. The van der Waals surface area contributed by atoms with Crippen molar-refractivity contribution in [3.05, 3.63) is 95.9 Å². The van der Waals surface area contributed by atoms with Crippen LogP contribution in [0.2, 0.25) is 0 Å². The Morgan fingerprint density at radius 1 is 1.03 bits per heavy atom. The quantitative estimate of drug-likeness (QED) is 0.385. The third kappa shape index (κ3) is 5.10. The number of H-pyrrole nitrogens is 1. The lowest BCUT2D eigenvalue weighted by Crippen LogP contribution is -2.39. The van der Waals surface area contributed by atoms with Crippen molar-refractivity contribution in [1.29, 1.82) is 0 Å². The van der Waals surface area contributed by atoms with Crippen molar-refractivity contribution in [1.82, 2.24) is 14.9 Å². The summed E-state index contributed by atoms with van der Waals surface area (Å²) in [6.45, 7) is 1.48. The standard InChI is InChI=1S/C28H29N5O2/c29-25(20-5-7-21(8-6-20)28(35)32-22-9-13-30-14-10-22)17-27(34)33-15-11-19(12-16-33)24-18-31-26-4-2-1-3-23(24)26/h1-10,13-14,18-19,25,31H,11-12,15-17,29H2,(H,30,32,35). The number of aromatic amines is 1. The van der Waals surface area contributed by atoms with Gasteiger partial charge in [-0.05, 0) is 60.2 Å². The van der Waals surface area contributed by atoms with Crippen LogP contribution in [-0.2, 0) is 4.79 Å². The van der Waals surface area contributed by atoms with Gasteiger partial charge < -0.3 is 20.9 Å². The lowest BCUT2D eigenvalue weighted by Gasteiger charge is -2.32.